The Bertz CT molecular complexity index is 294. The normalized spacial score (nSPS) is 10.4. The summed E-state index contributed by atoms with van der Waals surface area (Å²) in [5.41, 5.74) is 8.99. The third kappa shape index (κ3) is 2.17. The summed E-state index contributed by atoms with van der Waals surface area (Å²) in [6, 6.07) is 0. The van der Waals surface area contributed by atoms with Crippen LogP contribution < -0.4 is 5.73 Å². The zero-order valence-electron chi connectivity index (χ0n) is 8.59. The SMILES string of the molecule is CCCc1c(C)nc(N)nc1CC. The van der Waals surface area contributed by atoms with Crippen LogP contribution in [0.1, 0.15) is 37.2 Å². The Balaban J connectivity index is 3.13. The summed E-state index contributed by atoms with van der Waals surface area (Å²) in [6.07, 6.45) is 3.11. The van der Waals surface area contributed by atoms with Gasteiger partial charge in [0.2, 0.25) is 5.95 Å². The lowest BCUT2D eigenvalue weighted by atomic mass is 10.1. The summed E-state index contributed by atoms with van der Waals surface area (Å²) in [5.74, 6) is 0.397. The first-order valence-electron chi connectivity index (χ1n) is 4.80. The monoisotopic (exact) mass is 179 g/mol. The third-order valence-electron chi connectivity index (χ3n) is 2.15. The van der Waals surface area contributed by atoms with Gasteiger partial charge in [0.1, 0.15) is 0 Å². The number of anilines is 1. The highest BCUT2D eigenvalue weighted by Gasteiger charge is 2.07. The molecule has 3 nitrogen and oxygen atoms in total. The molecule has 0 amide bonds. The fourth-order valence-corrected chi connectivity index (χ4v) is 1.55. The van der Waals surface area contributed by atoms with E-state index < -0.39 is 0 Å². The summed E-state index contributed by atoms with van der Waals surface area (Å²) < 4.78 is 0. The minimum absolute atomic E-state index is 0.397. The molecule has 1 aromatic rings. The number of aromatic nitrogens is 2. The zero-order valence-corrected chi connectivity index (χ0v) is 8.59. The molecular weight excluding hydrogens is 162 g/mol. The maximum absolute atomic E-state index is 5.58. The molecule has 1 heterocycles. The zero-order chi connectivity index (χ0) is 9.84. The number of nitrogens with zero attached hydrogens (tertiary/aromatic N) is 2. The van der Waals surface area contributed by atoms with E-state index in [1.807, 2.05) is 6.92 Å². The van der Waals surface area contributed by atoms with Gasteiger partial charge in [-0.25, -0.2) is 9.97 Å². The number of hydrogen-bond donors (Lipinski definition) is 1. The van der Waals surface area contributed by atoms with Crippen molar-refractivity contribution in [3.8, 4) is 0 Å². The van der Waals surface area contributed by atoms with Gasteiger partial charge in [-0.1, -0.05) is 20.3 Å². The van der Waals surface area contributed by atoms with Crippen molar-refractivity contribution in [2.24, 2.45) is 0 Å². The molecule has 0 fully saturated rings. The van der Waals surface area contributed by atoms with Crippen LogP contribution >= 0.6 is 0 Å². The van der Waals surface area contributed by atoms with E-state index in [2.05, 4.69) is 23.8 Å². The van der Waals surface area contributed by atoms with Crippen molar-refractivity contribution in [2.75, 3.05) is 5.73 Å². The Hall–Kier alpha value is -1.12. The van der Waals surface area contributed by atoms with Gasteiger partial charge in [0.05, 0.1) is 0 Å². The molecule has 0 spiro atoms. The van der Waals surface area contributed by atoms with E-state index in [0.717, 1.165) is 30.7 Å². The average molecular weight is 179 g/mol. The number of rotatable bonds is 3. The molecule has 0 saturated carbocycles. The van der Waals surface area contributed by atoms with Gasteiger partial charge in [-0.15, -0.1) is 0 Å². The Labute approximate surface area is 79.4 Å². The molecule has 0 saturated heterocycles. The first-order valence-corrected chi connectivity index (χ1v) is 4.80. The van der Waals surface area contributed by atoms with Crippen LogP contribution in [0.2, 0.25) is 0 Å². The molecule has 0 atom stereocenters. The van der Waals surface area contributed by atoms with Crippen molar-refractivity contribution < 1.29 is 0 Å². The van der Waals surface area contributed by atoms with Crippen molar-refractivity contribution in [2.45, 2.75) is 40.0 Å². The van der Waals surface area contributed by atoms with Crippen molar-refractivity contribution in [3.05, 3.63) is 17.0 Å². The van der Waals surface area contributed by atoms with E-state index in [-0.39, 0.29) is 0 Å². The maximum atomic E-state index is 5.58. The molecule has 0 aliphatic carbocycles. The van der Waals surface area contributed by atoms with Gasteiger partial charge in [-0.05, 0) is 25.3 Å². The summed E-state index contributed by atoms with van der Waals surface area (Å²) in [7, 11) is 0. The van der Waals surface area contributed by atoms with E-state index in [0.29, 0.717) is 5.95 Å². The molecule has 0 aliphatic heterocycles. The Morgan fingerprint density at radius 3 is 2.46 bits per heavy atom. The van der Waals surface area contributed by atoms with Crippen LogP contribution in [0, 0.1) is 6.92 Å². The van der Waals surface area contributed by atoms with Gasteiger partial charge in [0.25, 0.3) is 0 Å². The predicted octanol–water partition coefficient (Wildman–Crippen LogP) is 1.88. The van der Waals surface area contributed by atoms with Crippen molar-refractivity contribution in [1.29, 1.82) is 0 Å². The van der Waals surface area contributed by atoms with E-state index in [1.165, 1.54) is 5.56 Å². The van der Waals surface area contributed by atoms with Crippen LogP contribution in [0.25, 0.3) is 0 Å². The smallest absolute Gasteiger partial charge is 0.220 e. The van der Waals surface area contributed by atoms with E-state index in [4.69, 9.17) is 5.73 Å². The highest BCUT2D eigenvalue weighted by Crippen LogP contribution is 2.14. The van der Waals surface area contributed by atoms with Crippen LogP contribution in [-0.4, -0.2) is 9.97 Å². The van der Waals surface area contributed by atoms with Crippen LogP contribution in [0.3, 0.4) is 0 Å². The largest absolute Gasteiger partial charge is 0.368 e. The van der Waals surface area contributed by atoms with Gasteiger partial charge in [-0.2, -0.15) is 0 Å². The second kappa shape index (κ2) is 4.21. The molecule has 1 rings (SSSR count). The van der Waals surface area contributed by atoms with Gasteiger partial charge in [0, 0.05) is 11.4 Å². The number of nitrogens with two attached hydrogens (primary N) is 1. The topological polar surface area (TPSA) is 51.8 Å². The van der Waals surface area contributed by atoms with Crippen LogP contribution in [0.15, 0.2) is 0 Å². The van der Waals surface area contributed by atoms with Gasteiger partial charge in [0.15, 0.2) is 0 Å². The Morgan fingerprint density at radius 1 is 1.23 bits per heavy atom. The molecule has 0 aromatic carbocycles. The van der Waals surface area contributed by atoms with E-state index in [9.17, 15) is 0 Å². The van der Waals surface area contributed by atoms with Crippen molar-refractivity contribution in [3.63, 3.8) is 0 Å². The number of nitrogen functional groups attached to an aromatic ring is 1. The van der Waals surface area contributed by atoms with Crippen molar-refractivity contribution in [1.82, 2.24) is 9.97 Å². The van der Waals surface area contributed by atoms with Crippen molar-refractivity contribution >= 4 is 5.95 Å². The molecule has 72 valence electrons. The molecule has 2 N–H and O–H groups in total. The standard InChI is InChI=1S/C10H17N3/c1-4-6-8-7(3)12-10(11)13-9(8)5-2/h4-6H2,1-3H3,(H2,11,12,13). The van der Waals surface area contributed by atoms with Crippen LogP contribution in [-0.2, 0) is 12.8 Å². The highest BCUT2D eigenvalue weighted by atomic mass is 15.0. The molecule has 0 radical (unpaired) electrons. The van der Waals surface area contributed by atoms with Gasteiger partial charge >= 0.3 is 0 Å². The summed E-state index contributed by atoms with van der Waals surface area (Å²) in [5, 5.41) is 0. The third-order valence-corrected chi connectivity index (χ3v) is 2.15. The van der Waals surface area contributed by atoms with E-state index >= 15 is 0 Å². The summed E-state index contributed by atoms with van der Waals surface area (Å²) in [4.78, 5) is 8.41. The van der Waals surface area contributed by atoms with E-state index in [1.54, 1.807) is 0 Å². The molecule has 0 aliphatic rings. The molecule has 0 bridgehead atoms. The summed E-state index contributed by atoms with van der Waals surface area (Å²) >= 11 is 0. The molecular formula is C10H17N3. The average Bonchev–Trinajstić information content (AvgIpc) is 2.09. The second-order valence-corrected chi connectivity index (χ2v) is 3.20. The summed E-state index contributed by atoms with van der Waals surface area (Å²) in [6.45, 7) is 6.26. The Kier molecular flexibility index (Phi) is 3.23. The molecule has 1 aromatic heterocycles. The van der Waals surface area contributed by atoms with Crippen LogP contribution in [0.4, 0.5) is 5.95 Å². The number of hydrogen-bond acceptors (Lipinski definition) is 3. The lowest BCUT2D eigenvalue weighted by Gasteiger charge is -2.09. The number of aryl methyl sites for hydroxylation is 2. The molecule has 3 heteroatoms. The van der Waals surface area contributed by atoms with Crippen LogP contribution in [0.5, 0.6) is 0 Å². The quantitative estimate of drug-likeness (QED) is 0.770. The lowest BCUT2D eigenvalue weighted by Crippen LogP contribution is -2.06. The highest BCUT2D eigenvalue weighted by molar-refractivity contribution is 5.31. The van der Waals surface area contributed by atoms with Gasteiger partial charge in [-0.3, -0.25) is 0 Å². The fourth-order valence-electron chi connectivity index (χ4n) is 1.55. The van der Waals surface area contributed by atoms with Gasteiger partial charge < -0.3 is 5.73 Å². The molecule has 0 unspecified atom stereocenters. The Morgan fingerprint density at radius 2 is 1.92 bits per heavy atom. The fraction of sp³-hybridized carbons (Fsp3) is 0.600. The minimum atomic E-state index is 0.397. The maximum Gasteiger partial charge on any atom is 0.220 e. The predicted molar refractivity (Wildman–Crippen MR) is 54.6 cm³/mol. The molecule has 13 heavy (non-hydrogen) atoms. The lowest BCUT2D eigenvalue weighted by molar-refractivity contribution is 0.845. The second-order valence-electron chi connectivity index (χ2n) is 3.20. The minimum Gasteiger partial charge on any atom is -0.368 e. The first-order chi connectivity index (χ1) is 6.19. The first kappa shape index (κ1) is 9.96.